The third-order valence-corrected chi connectivity index (χ3v) is 4.29. The molecule has 0 saturated heterocycles. The molecule has 6 nitrogen and oxygen atoms in total. The zero-order valence-electron chi connectivity index (χ0n) is 15.4. The normalized spacial score (nSPS) is 10.9. The number of benzene rings is 2. The summed E-state index contributed by atoms with van der Waals surface area (Å²) in [5.41, 5.74) is 3.40. The average molecular weight is 361 g/mol. The lowest BCUT2D eigenvalue weighted by atomic mass is 10.1. The number of pyridine rings is 1. The largest absolute Gasteiger partial charge is 0.493 e. The van der Waals surface area contributed by atoms with Gasteiger partial charge in [0.25, 0.3) is 5.89 Å². The molecule has 0 saturated carbocycles. The molecule has 27 heavy (non-hydrogen) atoms. The van der Waals surface area contributed by atoms with Crippen LogP contribution >= 0.6 is 0 Å². The van der Waals surface area contributed by atoms with Gasteiger partial charge in [0.05, 0.1) is 30.4 Å². The second kappa shape index (κ2) is 7.07. The molecule has 0 atom stereocenters. The molecule has 0 spiro atoms. The van der Waals surface area contributed by atoms with Crippen molar-refractivity contribution in [3.8, 4) is 34.5 Å². The quantitative estimate of drug-likeness (QED) is 0.514. The molecule has 0 N–H and O–H groups in total. The lowest BCUT2D eigenvalue weighted by molar-refractivity contribution is 0.339. The zero-order valence-corrected chi connectivity index (χ0v) is 15.4. The molecular formula is C21H19N3O3. The van der Waals surface area contributed by atoms with Crippen LogP contribution in [0.5, 0.6) is 11.6 Å². The number of aryl methyl sites for hydroxylation is 1. The topological polar surface area (TPSA) is 70.3 Å². The Morgan fingerprint density at radius 3 is 2.67 bits per heavy atom. The molecule has 0 fully saturated rings. The minimum Gasteiger partial charge on any atom is -0.493 e. The molecule has 2 heterocycles. The summed E-state index contributed by atoms with van der Waals surface area (Å²) < 4.78 is 16.6. The van der Waals surface area contributed by atoms with Gasteiger partial charge in [-0.1, -0.05) is 35.5 Å². The summed E-state index contributed by atoms with van der Waals surface area (Å²) in [6.07, 6.45) is 0. The number of aromatic nitrogens is 3. The molecule has 0 amide bonds. The Hall–Kier alpha value is -3.41. The fourth-order valence-electron chi connectivity index (χ4n) is 3.01. The molecule has 0 aliphatic rings. The molecule has 136 valence electrons. The summed E-state index contributed by atoms with van der Waals surface area (Å²) in [6.45, 7) is 4.51. The van der Waals surface area contributed by atoms with Crippen LogP contribution in [0, 0.1) is 6.92 Å². The molecule has 2 aromatic carbocycles. The molecule has 4 rings (SSSR count). The average Bonchev–Trinajstić information content (AvgIpc) is 3.18. The number of fused-ring (bicyclic) bond motifs is 1. The van der Waals surface area contributed by atoms with E-state index in [0.717, 1.165) is 22.0 Å². The first-order chi connectivity index (χ1) is 13.2. The minimum absolute atomic E-state index is 0.389. The second-order valence-electron chi connectivity index (χ2n) is 6.04. The van der Waals surface area contributed by atoms with Crippen LogP contribution in [0.4, 0.5) is 0 Å². The molecule has 0 radical (unpaired) electrons. The summed E-state index contributed by atoms with van der Waals surface area (Å²) in [6, 6.07) is 15.6. The van der Waals surface area contributed by atoms with Gasteiger partial charge in [0.15, 0.2) is 0 Å². The highest BCUT2D eigenvalue weighted by atomic mass is 16.5. The van der Waals surface area contributed by atoms with Crippen LogP contribution in [-0.4, -0.2) is 28.8 Å². The van der Waals surface area contributed by atoms with Crippen LogP contribution in [0.2, 0.25) is 0 Å². The monoisotopic (exact) mass is 361 g/mol. The van der Waals surface area contributed by atoms with Crippen LogP contribution in [-0.2, 0) is 0 Å². The van der Waals surface area contributed by atoms with Crippen molar-refractivity contribution in [2.24, 2.45) is 0 Å². The predicted octanol–water partition coefficient (Wildman–Crippen LogP) is 4.67. The van der Waals surface area contributed by atoms with Crippen molar-refractivity contribution in [1.29, 1.82) is 0 Å². The van der Waals surface area contributed by atoms with Crippen molar-refractivity contribution in [2.45, 2.75) is 13.8 Å². The van der Waals surface area contributed by atoms with Crippen molar-refractivity contribution in [1.82, 2.24) is 15.1 Å². The van der Waals surface area contributed by atoms with Gasteiger partial charge < -0.3 is 14.0 Å². The third-order valence-electron chi connectivity index (χ3n) is 4.29. The van der Waals surface area contributed by atoms with E-state index >= 15 is 0 Å². The number of hydrogen-bond acceptors (Lipinski definition) is 6. The third kappa shape index (κ3) is 3.10. The fourth-order valence-corrected chi connectivity index (χ4v) is 3.01. The van der Waals surface area contributed by atoms with Gasteiger partial charge in [0.1, 0.15) is 5.75 Å². The van der Waals surface area contributed by atoms with Gasteiger partial charge in [-0.25, -0.2) is 4.98 Å². The Balaban J connectivity index is 1.82. The number of ether oxygens (including phenoxy) is 2. The van der Waals surface area contributed by atoms with Gasteiger partial charge in [-0.2, -0.15) is 4.98 Å². The van der Waals surface area contributed by atoms with Crippen molar-refractivity contribution in [3.05, 3.63) is 54.1 Å². The smallest absolute Gasteiger partial charge is 0.262 e. The van der Waals surface area contributed by atoms with Gasteiger partial charge in [0, 0.05) is 5.39 Å². The van der Waals surface area contributed by atoms with E-state index in [4.69, 9.17) is 14.0 Å². The van der Waals surface area contributed by atoms with E-state index in [9.17, 15) is 0 Å². The van der Waals surface area contributed by atoms with Gasteiger partial charge in [-0.3, -0.25) is 0 Å². The van der Waals surface area contributed by atoms with Gasteiger partial charge in [-0.05, 0) is 37.6 Å². The van der Waals surface area contributed by atoms with Crippen LogP contribution in [0.3, 0.4) is 0 Å². The summed E-state index contributed by atoms with van der Waals surface area (Å²) in [5.74, 6) is 1.97. The van der Waals surface area contributed by atoms with E-state index in [1.54, 1.807) is 7.11 Å². The highest BCUT2D eigenvalue weighted by molar-refractivity contribution is 5.87. The van der Waals surface area contributed by atoms with Crippen molar-refractivity contribution in [3.63, 3.8) is 0 Å². The molecule has 2 aromatic heterocycles. The number of hydrogen-bond donors (Lipinski definition) is 0. The van der Waals surface area contributed by atoms with Crippen molar-refractivity contribution in [2.75, 3.05) is 13.7 Å². The van der Waals surface area contributed by atoms with Crippen LogP contribution in [0.15, 0.2) is 53.1 Å². The predicted molar refractivity (Wildman–Crippen MR) is 103 cm³/mol. The molecule has 0 unspecified atom stereocenters. The van der Waals surface area contributed by atoms with Crippen molar-refractivity contribution < 1.29 is 14.0 Å². The number of methoxy groups -OCH3 is 1. The first-order valence-electron chi connectivity index (χ1n) is 8.72. The summed E-state index contributed by atoms with van der Waals surface area (Å²) in [4.78, 5) is 9.18. The fraction of sp³-hybridized carbons (Fsp3) is 0.190. The standard InChI is InChI=1S/C21H19N3O3/c1-4-26-17-11-6-5-10-15(17)21-23-19(24-27-21)16-12-14-9-7-8-13(2)18(14)22-20(16)25-3/h5-12H,4H2,1-3H3. The van der Waals surface area contributed by atoms with E-state index in [-0.39, 0.29) is 0 Å². The van der Waals surface area contributed by atoms with Gasteiger partial charge in [-0.15, -0.1) is 0 Å². The number of nitrogens with zero attached hydrogens (tertiary/aromatic N) is 3. The Morgan fingerprint density at radius 1 is 1.00 bits per heavy atom. The Labute approximate surface area is 156 Å². The lowest BCUT2D eigenvalue weighted by Crippen LogP contribution is -1.95. The van der Waals surface area contributed by atoms with E-state index in [1.807, 2.05) is 62.4 Å². The molecule has 6 heteroatoms. The maximum atomic E-state index is 5.66. The Bertz CT molecular complexity index is 1100. The molecule has 0 aliphatic heterocycles. The van der Waals surface area contributed by atoms with Crippen LogP contribution in [0.1, 0.15) is 12.5 Å². The van der Waals surface area contributed by atoms with Crippen LogP contribution < -0.4 is 9.47 Å². The maximum absolute atomic E-state index is 5.66. The molecular weight excluding hydrogens is 342 g/mol. The first-order valence-corrected chi connectivity index (χ1v) is 8.72. The Morgan fingerprint density at radius 2 is 1.85 bits per heavy atom. The summed E-state index contributed by atoms with van der Waals surface area (Å²) in [5, 5.41) is 5.13. The number of rotatable bonds is 5. The summed E-state index contributed by atoms with van der Waals surface area (Å²) >= 11 is 0. The highest BCUT2D eigenvalue weighted by Gasteiger charge is 2.19. The maximum Gasteiger partial charge on any atom is 0.262 e. The van der Waals surface area contributed by atoms with E-state index < -0.39 is 0 Å². The first kappa shape index (κ1) is 17.0. The highest BCUT2D eigenvalue weighted by Crippen LogP contribution is 2.34. The Kier molecular flexibility index (Phi) is 4.46. The van der Waals surface area contributed by atoms with E-state index in [2.05, 4.69) is 15.1 Å². The van der Waals surface area contributed by atoms with Gasteiger partial charge >= 0.3 is 0 Å². The summed E-state index contributed by atoms with van der Waals surface area (Å²) in [7, 11) is 1.58. The van der Waals surface area contributed by atoms with Crippen LogP contribution in [0.25, 0.3) is 33.7 Å². The van der Waals surface area contributed by atoms with E-state index in [1.165, 1.54) is 0 Å². The SMILES string of the molecule is CCOc1ccccc1-c1nc(-c2cc3cccc(C)c3nc2OC)no1. The molecule has 0 bridgehead atoms. The minimum atomic E-state index is 0.389. The molecule has 0 aliphatic carbocycles. The van der Waals surface area contributed by atoms with Crippen molar-refractivity contribution >= 4 is 10.9 Å². The second-order valence-corrected chi connectivity index (χ2v) is 6.04. The number of para-hydroxylation sites is 2. The molecule has 4 aromatic rings. The van der Waals surface area contributed by atoms with E-state index in [0.29, 0.717) is 35.5 Å². The van der Waals surface area contributed by atoms with Gasteiger partial charge in [0.2, 0.25) is 11.7 Å². The zero-order chi connectivity index (χ0) is 18.8. The lowest BCUT2D eigenvalue weighted by Gasteiger charge is -2.08.